The van der Waals surface area contributed by atoms with Gasteiger partial charge in [-0.3, -0.25) is 0 Å². The molecule has 0 radical (unpaired) electrons. The van der Waals surface area contributed by atoms with Gasteiger partial charge in [0.25, 0.3) is 0 Å². The minimum Gasteiger partial charge on any atom is -0.313 e. The van der Waals surface area contributed by atoms with Crippen molar-refractivity contribution in [2.24, 2.45) is 0 Å². The number of rotatable bonds is 4. The highest BCUT2D eigenvalue weighted by Crippen LogP contribution is 2.27. The maximum Gasteiger partial charge on any atom is 0.0551 e. The van der Waals surface area contributed by atoms with E-state index in [4.69, 9.17) is 11.6 Å². The van der Waals surface area contributed by atoms with Gasteiger partial charge in [-0.2, -0.15) is 0 Å². The van der Waals surface area contributed by atoms with E-state index in [1.54, 1.807) is 0 Å². The molecule has 1 atom stereocenters. The molecule has 100 valence electrons. The van der Waals surface area contributed by atoms with Gasteiger partial charge in [0.15, 0.2) is 0 Å². The van der Waals surface area contributed by atoms with Crippen LogP contribution in [0.4, 0.5) is 0 Å². The minimum absolute atomic E-state index is 0.269. The smallest absolute Gasteiger partial charge is 0.0551 e. The third-order valence-corrected chi connectivity index (χ3v) is 5.00. The molecule has 0 amide bonds. The van der Waals surface area contributed by atoms with Crippen LogP contribution in [0, 0.1) is 3.57 Å². The molecule has 1 N–H and O–H groups in total. The van der Waals surface area contributed by atoms with Gasteiger partial charge in [-0.15, -0.1) is 0 Å². The van der Waals surface area contributed by atoms with Crippen LogP contribution in [0.1, 0.15) is 17.2 Å². The molecule has 2 aromatic carbocycles. The molecule has 1 nitrogen and oxygen atoms in total. The SMILES string of the molecule is CNC(Cc1ccc(I)cc1)c1ccc(Br)c(Cl)c1. The highest BCUT2D eigenvalue weighted by molar-refractivity contribution is 14.1. The Morgan fingerprint density at radius 3 is 2.47 bits per heavy atom. The van der Waals surface area contributed by atoms with E-state index in [1.165, 1.54) is 14.7 Å². The normalized spacial score (nSPS) is 12.4. The molecule has 0 aliphatic rings. The second-order valence-corrected chi connectivity index (χ2v) is 6.85. The zero-order valence-electron chi connectivity index (χ0n) is 10.5. The van der Waals surface area contributed by atoms with Crippen LogP contribution in [0.15, 0.2) is 46.9 Å². The highest BCUT2D eigenvalue weighted by atomic mass is 127. The summed E-state index contributed by atoms with van der Waals surface area (Å²) in [6.07, 6.45) is 0.950. The second-order valence-electron chi connectivity index (χ2n) is 4.35. The summed E-state index contributed by atoms with van der Waals surface area (Å²) in [4.78, 5) is 0. The van der Waals surface area contributed by atoms with Crippen molar-refractivity contribution in [2.75, 3.05) is 7.05 Å². The maximum absolute atomic E-state index is 6.16. The summed E-state index contributed by atoms with van der Waals surface area (Å²) in [7, 11) is 1.98. The van der Waals surface area contributed by atoms with E-state index in [9.17, 15) is 0 Å². The molecule has 19 heavy (non-hydrogen) atoms. The number of hydrogen-bond acceptors (Lipinski definition) is 1. The fourth-order valence-electron chi connectivity index (χ4n) is 1.97. The quantitative estimate of drug-likeness (QED) is 0.631. The van der Waals surface area contributed by atoms with Gasteiger partial charge in [0.05, 0.1) is 5.02 Å². The highest BCUT2D eigenvalue weighted by Gasteiger charge is 2.11. The molecule has 0 bridgehead atoms. The van der Waals surface area contributed by atoms with Gasteiger partial charge < -0.3 is 5.32 Å². The molecule has 0 aliphatic heterocycles. The van der Waals surface area contributed by atoms with Crippen LogP contribution in [-0.4, -0.2) is 7.05 Å². The van der Waals surface area contributed by atoms with Crippen LogP contribution in [0.5, 0.6) is 0 Å². The standard InChI is InChI=1S/C15H14BrClIN/c1-19-15(8-10-2-5-12(18)6-3-10)11-4-7-13(16)14(17)9-11/h2-7,9,15,19H,8H2,1H3. The molecule has 2 rings (SSSR count). The average Bonchev–Trinajstić information content (AvgIpc) is 2.41. The molecule has 0 saturated heterocycles. The molecular weight excluding hydrogens is 436 g/mol. The fourth-order valence-corrected chi connectivity index (χ4v) is 2.77. The predicted octanol–water partition coefficient (Wildman–Crippen LogP) is 5.21. The monoisotopic (exact) mass is 449 g/mol. The van der Waals surface area contributed by atoms with Crippen molar-refractivity contribution in [1.29, 1.82) is 0 Å². The van der Waals surface area contributed by atoms with E-state index in [1.807, 2.05) is 19.2 Å². The minimum atomic E-state index is 0.269. The number of nitrogens with one attached hydrogen (secondary N) is 1. The summed E-state index contributed by atoms with van der Waals surface area (Å²) in [5.41, 5.74) is 2.52. The van der Waals surface area contributed by atoms with Gasteiger partial charge in [-0.05, 0) is 87.4 Å². The lowest BCUT2D eigenvalue weighted by Gasteiger charge is -2.17. The first-order valence-electron chi connectivity index (χ1n) is 5.97. The summed E-state index contributed by atoms with van der Waals surface area (Å²) in [6.45, 7) is 0. The number of benzene rings is 2. The Labute approximate surface area is 141 Å². The van der Waals surface area contributed by atoms with Gasteiger partial charge in [-0.25, -0.2) is 0 Å². The zero-order valence-corrected chi connectivity index (χ0v) is 15.0. The van der Waals surface area contributed by atoms with Crippen LogP contribution >= 0.6 is 50.1 Å². The average molecular weight is 451 g/mol. The lowest BCUT2D eigenvalue weighted by atomic mass is 9.99. The van der Waals surface area contributed by atoms with Crippen LogP contribution in [0.25, 0.3) is 0 Å². The van der Waals surface area contributed by atoms with Gasteiger partial charge in [0.2, 0.25) is 0 Å². The van der Waals surface area contributed by atoms with E-state index < -0.39 is 0 Å². The topological polar surface area (TPSA) is 12.0 Å². The number of hydrogen-bond donors (Lipinski definition) is 1. The molecule has 2 aromatic rings. The van der Waals surface area contributed by atoms with Crippen LogP contribution in [-0.2, 0) is 6.42 Å². The molecule has 0 aliphatic carbocycles. The predicted molar refractivity (Wildman–Crippen MR) is 93.8 cm³/mol. The van der Waals surface area contributed by atoms with E-state index in [2.05, 4.69) is 74.2 Å². The van der Waals surface area contributed by atoms with Crippen molar-refractivity contribution >= 4 is 50.1 Å². The van der Waals surface area contributed by atoms with E-state index in [0.29, 0.717) is 0 Å². The van der Waals surface area contributed by atoms with Crippen molar-refractivity contribution in [3.63, 3.8) is 0 Å². The third kappa shape index (κ3) is 4.18. The van der Waals surface area contributed by atoms with Crippen molar-refractivity contribution in [3.05, 3.63) is 66.7 Å². The van der Waals surface area contributed by atoms with E-state index in [-0.39, 0.29) is 6.04 Å². The van der Waals surface area contributed by atoms with Gasteiger partial charge in [0.1, 0.15) is 0 Å². The summed E-state index contributed by atoms with van der Waals surface area (Å²) in [5, 5.41) is 4.10. The van der Waals surface area contributed by atoms with Gasteiger partial charge in [0, 0.05) is 14.1 Å². The lowest BCUT2D eigenvalue weighted by molar-refractivity contribution is 0.592. The van der Waals surface area contributed by atoms with Crippen molar-refractivity contribution in [2.45, 2.75) is 12.5 Å². The Morgan fingerprint density at radius 1 is 1.21 bits per heavy atom. The first kappa shape index (κ1) is 15.3. The molecule has 0 fully saturated rings. The fraction of sp³-hybridized carbons (Fsp3) is 0.200. The Kier molecular flexibility index (Phi) is 5.69. The number of likely N-dealkylation sites (N-methyl/N-ethyl adjacent to an activating group) is 1. The second kappa shape index (κ2) is 7.07. The van der Waals surface area contributed by atoms with Crippen molar-refractivity contribution in [3.8, 4) is 0 Å². The molecule has 0 saturated carbocycles. The maximum atomic E-state index is 6.16. The summed E-state index contributed by atoms with van der Waals surface area (Å²) >= 11 is 11.9. The van der Waals surface area contributed by atoms with E-state index >= 15 is 0 Å². The Balaban J connectivity index is 2.19. The first-order valence-corrected chi connectivity index (χ1v) is 8.22. The van der Waals surface area contributed by atoms with Crippen molar-refractivity contribution < 1.29 is 0 Å². The van der Waals surface area contributed by atoms with Crippen LogP contribution in [0.3, 0.4) is 0 Å². The number of halogens is 3. The van der Waals surface area contributed by atoms with Crippen LogP contribution in [0.2, 0.25) is 5.02 Å². The largest absolute Gasteiger partial charge is 0.313 e. The molecule has 0 aromatic heterocycles. The summed E-state index contributed by atoms with van der Waals surface area (Å²) in [5.74, 6) is 0. The van der Waals surface area contributed by atoms with Crippen LogP contribution < -0.4 is 5.32 Å². The molecule has 0 spiro atoms. The van der Waals surface area contributed by atoms with Gasteiger partial charge >= 0.3 is 0 Å². The lowest BCUT2D eigenvalue weighted by Crippen LogP contribution is -2.18. The first-order chi connectivity index (χ1) is 9.10. The molecule has 0 heterocycles. The Bertz CT molecular complexity index is 557. The Morgan fingerprint density at radius 2 is 1.89 bits per heavy atom. The zero-order chi connectivity index (χ0) is 13.8. The summed E-state index contributed by atoms with van der Waals surface area (Å²) < 4.78 is 2.19. The molecule has 4 heteroatoms. The third-order valence-electron chi connectivity index (χ3n) is 3.05. The van der Waals surface area contributed by atoms with Gasteiger partial charge in [-0.1, -0.05) is 29.8 Å². The Hall–Kier alpha value is -0.100. The van der Waals surface area contributed by atoms with E-state index in [0.717, 1.165) is 15.9 Å². The molecular formula is C15H14BrClIN. The summed E-state index contributed by atoms with van der Waals surface area (Å²) in [6, 6.07) is 15.0. The van der Waals surface area contributed by atoms with Crippen molar-refractivity contribution in [1.82, 2.24) is 5.32 Å². The molecule has 1 unspecified atom stereocenters.